The first-order chi connectivity index (χ1) is 11.5. The molecular weight excluding hydrogens is 340 g/mol. The van der Waals surface area contributed by atoms with E-state index in [1.54, 1.807) is 0 Å². The van der Waals surface area contributed by atoms with Crippen LogP contribution in [0, 0.1) is 34.5 Å². The average molecular weight is 371 g/mol. The van der Waals surface area contributed by atoms with Crippen molar-refractivity contribution >= 4 is 16.2 Å². The van der Waals surface area contributed by atoms with Crippen LogP contribution in [0.3, 0.4) is 0 Å². The molecule has 4 rings (SSSR count). The second kappa shape index (κ2) is 6.46. The molecule has 5 nitrogen and oxygen atoms in total. The summed E-state index contributed by atoms with van der Waals surface area (Å²) in [4.78, 5) is 11.8. The monoisotopic (exact) mass is 370 g/mol. The van der Waals surface area contributed by atoms with E-state index in [4.69, 9.17) is 17.5 Å². The maximum absolute atomic E-state index is 11.8. The third kappa shape index (κ3) is 3.71. The minimum absolute atomic E-state index is 0.473. The smallest absolute Gasteiger partial charge is 0.300 e. The van der Waals surface area contributed by atoms with Crippen molar-refractivity contribution in [2.24, 2.45) is 34.5 Å². The summed E-state index contributed by atoms with van der Waals surface area (Å²) in [6.45, 7) is 5.03. The van der Waals surface area contributed by atoms with Crippen LogP contribution in [-0.2, 0) is 15.2 Å². The highest BCUT2D eigenvalue weighted by atomic mass is 32.3. The van der Waals surface area contributed by atoms with E-state index in [2.05, 4.69) is 26.0 Å². The van der Waals surface area contributed by atoms with Crippen molar-refractivity contribution in [1.82, 2.24) is 0 Å². The molecule has 3 fully saturated rings. The number of carbonyl (C=O) groups is 1. The summed E-state index contributed by atoms with van der Waals surface area (Å²) >= 11 is 0. The molecule has 25 heavy (non-hydrogen) atoms. The van der Waals surface area contributed by atoms with Crippen molar-refractivity contribution in [2.45, 2.75) is 65.2 Å². The van der Waals surface area contributed by atoms with Gasteiger partial charge in [-0.3, -0.25) is 13.9 Å². The molecule has 0 radical (unpaired) electrons. The zero-order chi connectivity index (χ0) is 18.5. The third-order valence-corrected chi connectivity index (χ3v) is 7.81. The van der Waals surface area contributed by atoms with Gasteiger partial charge in [0.2, 0.25) is 0 Å². The number of allylic oxidation sites excluding steroid dienone is 2. The highest BCUT2D eigenvalue weighted by Gasteiger charge is 2.56. The van der Waals surface area contributed by atoms with Crippen LogP contribution in [0.25, 0.3) is 0 Å². The van der Waals surface area contributed by atoms with E-state index < -0.39 is 10.4 Å². The Labute approximate surface area is 150 Å². The van der Waals surface area contributed by atoms with E-state index in [1.807, 2.05) is 0 Å². The highest BCUT2D eigenvalue weighted by Crippen LogP contribution is 2.64. The molecule has 142 valence electrons. The minimum atomic E-state index is -4.67. The number of hydrogen-bond donors (Lipinski definition) is 2. The van der Waals surface area contributed by atoms with E-state index in [1.165, 1.54) is 38.5 Å². The molecule has 0 aliphatic heterocycles. The zero-order valence-corrected chi connectivity index (χ0v) is 16.0. The van der Waals surface area contributed by atoms with Crippen molar-refractivity contribution in [1.29, 1.82) is 0 Å². The Balaban J connectivity index is 0.000000324. The molecule has 0 saturated heterocycles. The van der Waals surface area contributed by atoms with Crippen LogP contribution in [0.2, 0.25) is 0 Å². The fourth-order valence-electron chi connectivity index (χ4n) is 6.53. The molecule has 2 N–H and O–H groups in total. The molecule has 0 heterocycles. The summed E-state index contributed by atoms with van der Waals surface area (Å²) in [5, 5.41) is 0. The van der Waals surface area contributed by atoms with Gasteiger partial charge in [0.25, 0.3) is 0 Å². The summed E-state index contributed by atoms with van der Waals surface area (Å²) in [5.41, 5.74) is 0.968. The molecule has 0 aromatic carbocycles. The average Bonchev–Trinajstić information content (AvgIpc) is 2.88. The fourth-order valence-corrected chi connectivity index (χ4v) is 6.53. The third-order valence-electron chi connectivity index (χ3n) is 7.81. The van der Waals surface area contributed by atoms with E-state index in [0.717, 1.165) is 30.6 Å². The molecule has 3 saturated carbocycles. The maximum atomic E-state index is 11.8. The Bertz CT molecular complexity index is 661. The highest BCUT2D eigenvalue weighted by molar-refractivity contribution is 7.79. The molecule has 0 aromatic heterocycles. The number of ketones is 1. The number of carbonyl (C=O) groups excluding carboxylic acids is 1. The second-order valence-corrected chi connectivity index (χ2v) is 9.93. The van der Waals surface area contributed by atoms with E-state index in [0.29, 0.717) is 22.5 Å². The molecule has 0 amide bonds. The van der Waals surface area contributed by atoms with Gasteiger partial charge in [-0.05, 0) is 73.0 Å². The lowest BCUT2D eigenvalue weighted by molar-refractivity contribution is -0.136. The van der Waals surface area contributed by atoms with E-state index >= 15 is 0 Å². The van der Waals surface area contributed by atoms with Gasteiger partial charge in [-0.25, -0.2) is 0 Å². The summed E-state index contributed by atoms with van der Waals surface area (Å²) in [5.74, 6) is 3.96. The first-order valence-electron chi connectivity index (χ1n) is 9.42. The van der Waals surface area contributed by atoms with Crippen LogP contribution in [0.1, 0.15) is 65.2 Å². The van der Waals surface area contributed by atoms with Gasteiger partial charge in [0, 0.05) is 12.8 Å². The number of fused-ring (bicyclic) bond motifs is 5. The first-order valence-corrected chi connectivity index (χ1v) is 10.8. The Hall–Kier alpha value is -0.720. The molecule has 6 atom stereocenters. The van der Waals surface area contributed by atoms with Gasteiger partial charge < -0.3 is 0 Å². The maximum Gasteiger partial charge on any atom is 0.394 e. The van der Waals surface area contributed by atoms with Crippen molar-refractivity contribution in [3.05, 3.63) is 12.2 Å². The molecule has 0 bridgehead atoms. The van der Waals surface area contributed by atoms with Crippen LogP contribution in [-0.4, -0.2) is 23.3 Å². The Kier molecular flexibility index (Phi) is 4.93. The normalized spacial score (nSPS) is 45.7. The predicted octanol–water partition coefficient (Wildman–Crippen LogP) is 4.11. The fraction of sp³-hybridized carbons (Fsp3) is 0.842. The first kappa shape index (κ1) is 19.1. The lowest BCUT2D eigenvalue weighted by Gasteiger charge is -2.59. The summed E-state index contributed by atoms with van der Waals surface area (Å²) in [6, 6.07) is 0. The number of rotatable bonds is 0. The lowest BCUT2D eigenvalue weighted by Crippen LogP contribution is -2.52. The zero-order valence-electron chi connectivity index (χ0n) is 15.1. The van der Waals surface area contributed by atoms with Gasteiger partial charge in [-0.15, -0.1) is 0 Å². The Morgan fingerprint density at radius 3 is 2.44 bits per heavy atom. The Morgan fingerprint density at radius 2 is 1.76 bits per heavy atom. The lowest BCUT2D eigenvalue weighted by atomic mass is 9.45. The van der Waals surface area contributed by atoms with Crippen LogP contribution in [0.15, 0.2) is 12.2 Å². The van der Waals surface area contributed by atoms with Crippen LogP contribution >= 0.6 is 0 Å². The molecular formula is C19H30O5S. The van der Waals surface area contributed by atoms with E-state index in [9.17, 15) is 4.79 Å². The van der Waals surface area contributed by atoms with Crippen LogP contribution in [0.4, 0.5) is 0 Å². The van der Waals surface area contributed by atoms with Gasteiger partial charge in [-0.2, -0.15) is 8.42 Å². The van der Waals surface area contributed by atoms with Crippen LogP contribution < -0.4 is 0 Å². The van der Waals surface area contributed by atoms with Gasteiger partial charge in [-0.1, -0.05) is 26.0 Å². The van der Waals surface area contributed by atoms with Gasteiger partial charge >= 0.3 is 10.4 Å². The number of hydrogen-bond acceptors (Lipinski definition) is 3. The molecule has 6 heteroatoms. The molecule has 4 aliphatic carbocycles. The standard InChI is InChI=1S/C19H28O.H2O4S/c1-18-9-3-4-16(18)15-6-5-13-12-14(20)7-11-19(13,2)17(15)8-10-18;1-5(2,3)4/h3,9,13,15-17H,4-8,10-12H2,1-2H3;(H2,1,2,3,4)/t13-,15-,16-,17-,18-,19-;/m0./s1. The minimum Gasteiger partial charge on any atom is -0.300 e. The summed E-state index contributed by atoms with van der Waals surface area (Å²) in [7, 11) is -4.67. The number of Topliss-reactive ketones (excluding diaryl/α,β-unsaturated/α-hetero) is 1. The SMILES string of the molecule is C[C@]12CCC(=O)C[C@@H]1CC[C@@H]1[C@@H]2CC[C@]2(C)C=CC[C@@H]12.O=S(=O)(O)O. The molecule has 0 unspecified atom stereocenters. The van der Waals surface area contributed by atoms with Crippen LogP contribution in [0.5, 0.6) is 0 Å². The van der Waals surface area contributed by atoms with Gasteiger partial charge in [0.1, 0.15) is 5.78 Å². The summed E-state index contributed by atoms with van der Waals surface area (Å²) < 4.78 is 31.6. The van der Waals surface area contributed by atoms with Crippen molar-refractivity contribution in [3.63, 3.8) is 0 Å². The van der Waals surface area contributed by atoms with Gasteiger partial charge in [0.15, 0.2) is 0 Å². The van der Waals surface area contributed by atoms with Crippen molar-refractivity contribution in [2.75, 3.05) is 0 Å². The van der Waals surface area contributed by atoms with Crippen molar-refractivity contribution < 1.29 is 22.3 Å². The molecule has 0 aromatic rings. The largest absolute Gasteiger partial charge is 0.394 e. The second-order valence-electron chi connectivity index (χ2n) is 9.03. The van der Waals surface area contributed by atoms with Gasteiger partial charge in [0.05, 0.1) is 0 Å². The molecule has 4 aliphatic rings. The quantitative estimate of drug-likeness (QED) is 0.494. The summed E-state index contributed by atoms with van der Waals surface area (Å²) in [6.07, 6.45) is 14.7. The Morgan fingerprint density at radius 1 is 1.08 bits per heavy atom. The van der Waals surface area contributed by atoms with E-state index in [-0.39, 0.29) is 0 Å². The predicted molar refractivity (Wildman–Crippen MR) is 95.4 cm³/mol. The molecule has 0 spiro atoms. The topological polar surface area (TPSA) is 91.7 Å². The van der Waals surface area contributed by atoms with Crippen molar-refractivity contribution in [3.8, 4) is 0 Å².